The number of nitrogens with one attached hydrogen (secondary N) is 1. The van der Waals surface area contributed by atoms with E-state index in [4.69, 9.17) is 9.47 Å². The van der Waals surface area contributed by atoms with Gasteiger partial charge in [-0.3, -0.25) is 5.32 Å². The van der Waals surface area contributed by atoms with Crippen molar-refractivity contribution in [2.45, 2.75) is 32.8 Å². The Morgan fingerprint density at radius 2 is 1.68 bits per heavy atom. The van der Waals surface area contributed by atoms with Crippen molar-refractivity contribution in [1.29, 1.82) is 0 Å². The molecule has 5 nitrogen and oxygen atoms in total. The Bertz CT molecular complexity index is 745. The van der Waals surface area contributed by atoms with Crippen molar-refractivity contribution in [1.82, 2.24) is 0 Å². The van der Waals surface area contributed by atoms with Crippen molar-refractivity contribution in [2.24, 2.45) is 0 Å². The summed E-state index contributed by atoms with van der Waals surface area (Å²) >= 11 is 0. The summed E-state index contributed by atoms with van der Waals surface area (Å²) in [7, 11) is 1.36. The molecule has 25 heavy (non-hydrogen) atoms. The van der Waals surface area contributed by atoms with Crippen molar-refractivity contribution in [2.75, 3.05) is 12.4 Å². The third kappa shape index (κ3) is 5.95. The standard InChI is InChI=1S/C20H23NO4/c1-20(2,3)25-19(23)21-17-7-5-6-15(13-17)12-14-8-10-16(11-9-14)18(22)24-4/h5-11,13H,12H2,1-4H3,(H,21,23). The van der Waals surface area contributed by atoms with Gasteiger partial charge in [-0.1, -0.05) is 24.3 Å². The summed E-state index contributed by atoms with van der Waals surface area (Å²) in [5.74, 6) is -0.352. The van der Waals surface area contributed by atoms with E-state index in [0.29, 0.717) is 17.7 Å². The highest BCUT2D eigenvalue weighted by molar-refractivity contribution is 5.89. The summed E-state index contributed by atoms with van der Waals surface area (Å²) in [5.41, 5.74) is 2.76. The molecule has 2 aromatic rings. The van der Waals surface area contributed by atoms with Gasteiger partial charge < -0.3 is 9.47 Å². The first-order chi connectivity index (χ1) is 11.8. The number of anilines is 1. The summed E-state index contributed by atoms with van der Waals surface area (Å²) in [4.78, 5) is 23.3. The van der Waals surface area contributed by atoms with Crippen LogP contribution in [-0.2, 0) is 15.9 Å². The van der Waals surface area contributed by atoms with Crippen molar-refractivity contribution in [3.63, 3.8) is 0 Å². The Hall–Kier alpha value is -2.82. The first-order valence-corrected chi connectivity index (χ1v) is 8.03. The van der Waals surface area contributed by atoms with Crippen LogP contribution in [0.25, 0.3) is 0 Å². The van der Waals surface area contributed by atoms with Gasteiger partial charge in [0.1, 0.15) is 5.60 Å². The molecule has 0 bridgehead atoms. The van der Waals surface area contributed by atoms with Gasteiger partial charge in [-0.25, -0.2) is 9.59 Å². The minimum Gasteiger partial charge on any atom is -0.465 e. The maximum absolute atomic E-state index is 11.9. The van der Waals surface area contributed by atoms with Gasteiger partial charge >= 0.3 is 12.1 Å². The number of esters is 1. The largest absolute Gasteiger partial charge is 0.465 e. The smallest absolute Gasteiger partial charge is 0.412 e. The Morgan fingerprint density at radius 1 is 1.00 bits per heavy atom. The highest BCUT2D eigenvalue weighted by atomic mass is 16.6. The van der Waals surface area contributed by atoms with Crippen molar-refractivity contribution in [3.8, 4) is 0 Å². The van der Waals surface area contributed by atoms with E-state index in [9.17, 15) is 9.59 Å². The Morgan fingerprint density at radius 3 is 2.28 bits per heavy atom. The molecule has 0 aromatic heterocycles. The molecule has 1 amide bonds. The Balaban J connectivity index is 2.04. The molecule has 0 radical (unpaired) electrons. The molecule has 2 rings (SSSR count). The molecule has 0 spiro atoms. The second-order valence-electron chi connectivity index (χ2n) is 6.69. The molecule has 0 aliphatic heterocycles. The predicted octanol–water partition coefficient (Wildman–Crippen LogP) is 4.41. The van der Waals surface area contributed by atoms with Crippen LogP contribution in [0, 0.1) is 0 Å². The third-order valence-electron chi connectivity index (χ3n) is 3.36. The molecule has 0 aliphatic rings. The van der Waals surface area contributed by atoms with E-state index >= 15 is 0 Å². The van der Waals surface area contributed by atoms with Crippen LogP contribution in [0.5, 0.6) is 0 Å². The molecule has 0 heterocycles. The molecule has 0 saturated heterocycles. The lowest BCUT2D eigenvalue weighted by atomic mass is 10.0. The summed E-state index contributed by atoms with van der Waals surface area (Å²) in [6, 6.07) is 14.8. The monoisotopic (exact) mass is 341 g/mol. The molecule has 132 valence electrons. The second-order valence-corrected chi connectivity index (χ2v) is 6.69. The number of ether oxygens (including phenoxy) is 2. The highest BCUT2D eigenvalue weighted by Crippen LogP contribution is 2.17. The lowest BCUT2D eigenvalue weighted by Gasteiger charge is -2.19. The topological polar surface area (TPSA) is 64.6 Å². The number of rotatable bonds is 4. The molecule has 0 fully saturated rings. The van der Waals surface area contributed by atoms with Crippen LogP contribution in [0.15, 0.2) is 48.5 Å². The van der Waals surface area contributed by atoms with Crippen molar-refractivity contribution < 1.29 is 19.1 Å². The van der Waals surface area contributed by atoms with Crippen LogP contribution in [0.1, 0.15) is 42.3 Å². The van der Waals surface area contributed by atoms with Gasteiger partial charge in [0.15, 0.2) is 0 Å². The summed E-state index contributed by atoms with van der Waals surface area (Å²) < 4.78 is 9.94. The van der Waals surface area contributed by atoms with Crippen molar-refractivity contribution in [3.05, 3.63) is 65.2 Å². The number of carbonyl (C=O) groups is 2. The Kier molecular flexibility index (Phi) is 5.80. The van der Waals surface area contributed by atoms with Crippen LogP contribution < -0.4 is 5.32 Å². The quantitative estimate of drug-likeness (QED) is 0.837. The lowest BCUT2D eigenvalue weighted by molar-refractivity contribution is 0.0598. The SMILES string of the molecule is COC(=O)c1ccc(Cc2cccc(NC(=O)OC(C)(C)C)c2)cc1. The fraction of sp³-hybridized carbons (Fsp3) is 0.300. The van der Waals surface area contributed by atoms with Gasteiger partial charge in [0.25, 0.3) is 0 Å². The number of benzene rings is 2. The van der Waals surface area contributed by atoms with Crippen LogP contribution in [-0.4, -0.2) is 24.8 Å². The zero-order valence-electron chi connectivity index (χ0n) is 15.0. The summed E-state index contributed by atoms with van der Waals surface area (Å²) in [6.07, 6.45) is 0.206. The van der Waals surface area contributed by atoms with Gasteiger partial charge in [0, 0.05) is 5.69 Å². The summed E-state index contributed by atoms with van der Waals surface area (Å²) in [6.45, 7) is 5.46. The average molecular weight is 341 g/mol. The van der Waals surface area contributed by atoms with E-state index in [1.807, 2.05) is 57.2 Å². The molecular weight excluding hydrogens is 318 g/mol. The van der Waals surface area contributed by atoms with Gasteiger partial charge in [-0.05, 0) is 62.6 Å². The first kappa shape index (κ1) is 18.5. The van der Waals surface area contributed by atoms with E-state index < -0.39 is 11.7 Å². The van der Waals surface area contributed by atoms with E-state index in [1.165, 1.54) is 7.11 Å². The van der Waals surface area contributed by atoms with Crippen LogP contribution in [0.4, 0.5) is 10.5 Å². The van der Waals surface area contributed by atoms with Crippen LogP contribution in [0.3, 0.4) is 0 Å². The molecule has 0 saturated carbocycles. The Labute approximate surface area is 148 Å². The van der Waals surface area contributed by atoms with Gasteiger partial charge in [0.05, 0.1) is 12.7 Å². The number of methoxy groups -OCH3 is 1. The van der Waals surface area contributed by atoms with E-state index in [0.717, 1.165) is 11.1 Å². The molecule has 0 atom stereocenters. The molecule has 0 aliphatic carbocycles. The minimum absolute atomic E-state index is 0.352. The molecule has 1 N–H and O–H groups in total. The lowest BCUT2D eigenvalue weighted by Crippen LogP contribution is -2.27. The molecular formula is C20H23NO4. The zero-order valence-corrected chi connectivity index (χ0v) is 15.0. The maximum atomic E-state index is 11.9. The van der Waals surface area contributed by atoms with Gasteiger partial charge in [-0.15, -0.1) is 0 Å². The first-order valence-electron chi connectivity index (χ1n) is 8.03. The highest BCUT2D eigenvalue weighted by Gasteiger charge is 2.16. The van der Waals surface area contributed by atoms with E-state index in [2.05, 4.69) is 5.32 Å². The van der Waals surface area contributed by atoms with Crippen LogP contribution in [0.2, 0.25) is 0 Å². The third-order valence-corrected chi connectivity index (χ3v) is 3.36. The maximum Gasteiger partial charge on any atom is 0.412 e. The fourth-order valence-corrected chi connectivity index (χ4v) is 2.29. The number of amides is 1. The van der Waals surface area contributed by atoms with Crippen molar-refractivity contribution >= 4 is 17.7 Å². The second kappa shape index (κ2) is 7.83. The molecule has 2 aromatic carbocycles. The zero-order chi connectivity index (χ0) is 18.4. The van der Waals surface area contributed by atoms with Gasteiger partial charge in [-0.2, -0.15) is 0 Å². The summed E-state index contributed by atoms with van der Waals surface area (Å²) in [5, 5.41) is 2.73. The normalized spacial score (nSPS) is 10.9. The van der Waals surface area contributed by atoms with Crippen LogP contribution >= 0.6 is 0 Å². The molecule has 0 unspecified atom stereocenters. The van der Waals surface area contributed by atoms with Gasteiger partial charge in [0.2, 0.25) is 0 Å². The number of hydrogen-bond donors (Lipinski definition) is 1. The predicted molar refractivity (Wildman–Crippen MR) is 96.9 cm³/mol. The minimum atomic E-state index is -0.539. The average Bonchev–Trinajstić information content (AvgIpc) is 2.53. The number of hydrogen-bond acceptors (Lipinski definition) is 4. The van der Waals surface area contributed by atoms with E-state index in [-0.39, 0.29) is 5.97 Å². The molecule has 5 heteroatoms. The fourth-order valence-electron chi connectivity index (χ4n) is 2.29. The number of carbonyl (C=O) groups excluding carboxylic acids is 2. The van der Waals surface area contributed by atoms with E-state index in [1.54, 1.807) is 12.1 Å².